The molecule has 0 radical (unpaired) electrons. The molecule has 1 nitrogen and oxygen atoms in total. The number of nitrogens with one attached hydrogen (secondary N) is 1. The molecule has 0 aliphatic rings. The van der Waals surface area contributed by atoms with E-state index in [1.165, 1.54) is 0 Å². The molecular formula is C14H11Cl4N. The summed E-state index contributed by atoms with van der Waals surface area (Å²) in [5, 5.41) is 5.71. The molecule has 0 aliphatic heterocycles. The van der Waals surface area contributed by atoms with Gasteiger partial charge in [0.1, 0.15) is 0 Å². The third kappa shape index (κ3) is 3.49. The van der Waals surface area contributed by atoms with Gasteiger partial charge in [0, 0.05) is 27.2 Å². The summed E-state index contributed by atoms with van der Waals surface area (Å²) in [6, 6.07) is 9.02. The second-order valence-corrected chi connectivity index (χ2v) is 5.76. The first-order valence-electron chi connectivity index (χ1n) is 5.61. The van der Waals surface area contributed by atoms with E-state index < -0.39 is 0 Å². The maximum absolute atomic E-state index is 6.16. The summed E-state index contributed by atoms with van der Waals surface area (Å²) in [5.74, 6) is 0. The van der Waals surface area contributed by atoms with Crippen LogP contribution in [-0.2, 0) is 6.54 Å². The van der Waals surface area contributed by atoms with Crippen molar-refractivity contribution in [3.05, 3.63) is 61.5 Å². The van der Waals surface area contributed by atoms with E-state index in [0.717, 1.165) is 16.8 Å². The zero-order chi connectivity index (χ0) is 14.0. The molecular weight excluding hydrogens is 324 g/mol. The molecule has 1 N–H and O–H groups in total. The normalized spacial score (nSPS) is 10.6. The molecule has 0 fully saturated rings. The SMILES string of the molecule is Cc1cc(Cl)c(NCc2c(Cl)cccc2Cl)cc1Cl. The van der Waals surface area contributed by atoms with Crippen LogP contribution in [0.25, 0.3) is 0 Å². The van der Waals surface area contributed by atoms with E-state index in [9.17, 15) is 0 Å². The lowest BCUT2D eigenvalue weighted by molar-refractivity contribution is 1.15. The van der Waals surface area contributed by atoms with E-state index in [0.29, 0.717) is 26.6 Å². The van der Waals surface area contributed by atoms with Gasteiger partial charge in [-0.3, -0.25) is 0 Å². The van der Waals surface area contributed by atoms with Gasteiger partial charge < -0.3 is 5.32 Å². The second kappa shape index (κ2) is 6.23. The van der Waals surface area contributed by atoms with Crippen molar-refractivity contribution in [1.29, 1.82) is 0 Å². The fourth-order valence-electron chi connectivity index (χ4n) is 1.67. The van der Waals surface area contributed by atoms with Crippen LogP contribution in [-0.4, -0.2) is 0 Å². The predicted molar refractivity (Wildman–Crippen MR) is 85.0 cm³/mol. The van der Waals surface area contributed by atoms with E-state index in [1.807, 2.05) is 19.1 Å². The van der Waals surface area contributed by atoms with E-state index >= 15 is 0 Å². The predicted octanol–water partition coefficient (Wildman–Crippen LogP) is 6.22. The van der Waals surface area contributed by atoms with Crippen LogP contribution in [0, 0.1) is 6.92 Å². The summed E-state index contributed by atoms with van der Waals surface area (Å²) in [6.45, 7) is 2.39. The molecule has 0 spiro atoms. The number of benzene rings is 2. The van der Waals surface area contributed by atoms with Crippen LogP contribution >= 0.6 is 46.4 Å². The molecule has 0 atom stereocenters. The monoisotopic (exact) mass is 333 g/mol. The Balaban J connectivity index is 2.22. The Kier molecular flexibility index (Phi) is 4.86. The quantitative estimate of drug-likeness (QED) is 0.702. The second-order valence-electron chi connectivity index (χ2n) is 4.14. The highest BCUT2D eigenvalue weighted by Gasteiger charge is 2.08. The van der Waals surface area contributed by atoms with Crippen molar-refractivity contribution in [3.8, 4) is 0 Å². The van der Waals surface area contributed by atoms with Crippen LogP contribution in [0.3, 0.4) is 0 Å². The van der Waals surface area contributed by atoms with Crippen molar-refractivity contribution in [2.24, 2.45) is 0 Å². The highest BCUT2D eigenvalue weighted by molar-refractivity contribution is 6.36. The number of hydrogen-bond donors (Lipinski definition) is 1. The Hall–Kier alpha value is -0.600. The molecule has 2 aromatic carbocycles. The average molecular weight is 335 g/mol. The minimum Gasteiger partial charge on any atom is -0.380 e. The standard InChI is InChI=1S/C14H11Cl4N/c1-8-5-13(18)14(6-12(8)17)19-7-9-10(15)3-2-4-11(9)16/h2-6,19H,7H2,1H3. The summed E-state index contributed by atoms with van der Waals surface area (Å²) >= 11 is 24.5. The fraction of sp³-hybridized carbons (Fsp3) is 0.143. The summed E-state index contributed by atoms with van der Waals surface area (Å²) in [5.41, 5.74) is 2.53. The molecule has 0 amide bonds. The molecule has 5 heteroatoms. The molecule has 0 heterocycles. The molecule has 0 saturated carbocycles. The molecule has 0 bridgehead atoms. The Morgan fingerprint density at radius 2 is 1.53 bits per heavy atom. The molecule has 0 saturated heterocycles. The molecule has 2 aromatic rings. The Labute approximate surface area is 132 Å². The minimum atomic E-state index is 0.484. The van der Waals surface area contributed by atoms with Crippen molar-refractivity contribution in [2.45, 2.75) is 13.5 Å². The fourth-order valence-corrected chi connectivity index (χ4v) is 2.65. The number of halogens is 4. The molecule has 0 aromatic heterocycles. The first-order chi connectivity index (χ1) is 8.99. The van der Waals surface area contributed by atoms with E-state index in [-0.39, 0.29) is 0 Å². The summed E-state index contributed by atoms with van der Waals surface area (Å²) in [4.78, 5) is 0. The molecule has 100 valence electrons. The van der Waals surface area contributed by atoms with Crippen LogP contribution in [0.4, 0.5) is 5.69 Å². The molecule has 19 heavy (non-hydrogen) atoms. The molecule has 0 unspecified atom stereocenters. The van der Waals surface area contributed by atoms with Gasteiger partial charge in [-0.05, 0) is 36.8 Å². The van der Waals surface area contributed by atoms with E-state index in [4.69, 9.17) is 46.4 Å². The van der Waals surface area contributed by atoms with Gasteiger partial charge >= 0.3 is 0 Å². The molecule has 2 rings (SSSR count). The lowest BCUT2D eigenvalue weighted by Crippen LogP contribution is -2.01. The maximum Gasteiger partial charge on any atom is 0.0641 e. The van der Waals surface area contributed by atoms with Gasteiger partial charge in [0.15, 0.2) is 0 Å². The van der Waals surface area contributed by atoms with Crippen molar-refractivity contribution in [1.82, 2.24) is 0 Å². The largest absolute Gasteiger partial charge is 0.380 e. The van der Waals surface area contributed by atoms with Crippen molar-refractivity contribution in [3.63, 3.8) is 0 Å². The van der Waals surface area contributed by atoms with Gasteiger partial charge in [-0.25, -0.2) is 0 Å². The lowest BCUT2D eigenvalue weighted by Gasteiger charge is -2.12. The van der Waals surface area contributed by atoms with Crippen molar-refractivity contribution in [2.75, 3.05) is 5.32 Å². The number of anilines is 1. The number of aryl methyl sites for hydroxylation is 1. The Bertz CT molecular complexity index is 590. The van der Waals surface area contributed by atoms with Gasteiger partial charge in [-0.1, -0.05) is 52.5 Å². The summed E-state index contributed by atoms with van der Waals surface area (Å²) < 4.78 is 0. The first-order valence-corrected chi connectivity index (χ1v) is 7.12. The van der Waals surface area contributed by atoms with Crippen LogP contribution in [0.5, 0.6) is 0 Å². The Morgan fingerprint density at radius 1 is 0.895 bits per heavy atom. The van der Waals surface area contributed by atoms with Gasteiger partial charge in [-0.15, -0.1) is 0 Å². The number of rotatable bonds is 3. The zero-order valence-electron chi connectivity index (χ0n) is 10.1. The first kappa shape index (κ1) is 14.8. The highest BCUT2D eigenvalue weighted by Crippen LogP contribution is 2.31. The maximum atomic E-state index is 6.16. The van der Waals surface area contributed by atoms with Gasteiger partial charge in [0.05, 0.1) is 10.7 Å². The van der Waals surface area contributed by atoms with E-state index in [1.54, 1.807) is 18.2 Å². The Morgan fingerprint density at radius 3 is 2.16 bits per heavy atom. The van der Waals surface area contributed by atoms with Crippen LogP contribution in [0.2, 0.25) is 20.1 Å². The third-order valence-electron chi connectivity index (χ3n) is 2.77. The van der Waals surface area contributed by atoms with Crippen LogP contribution < -0.4 is 5.32 Å². The summed E-state index contributed by atoms with van der Waals surface area (Å²) in [6.07, 6.45) is 0. The van der Waals surface area contributed by atoms with Crippen LogP contribution in [0.15, 0.2) is 30.3 Å². The highest BCUT2D eigenvalue weighted by atomic mass is 35.5. The van der Waals surface area contributed by atoms with Crippen molar-refractivity contribution < 1.29 is 0 Å². The minimum absolute atomic E-state index is 0.484. The molecule has 0 aliphatic carbocycles. The smallest absolute Gasteiger partial charge is 0.0641 e. The van der Waals surface area contributed by atoms with Gasteiger partial charge in [-0.2, -0.15) is 0 Å². The van der Waals surface area contributed by atoms with Gasteiger partial charge in [0.2, 0.25) is 0 Å². The van der Waals surface area contributed by atoms with Gasteiger partial charge in [0.25, 0.3) is 0 Å². The number of hydrogen-bond acceptors (Lipinski definition) is 1. The van der Waals surface area contributed by atoms with Crippen molar-refractivity contribution >= 4 is 52.1 Å². The van der Waals surface area contributed by atoms with E-state index in [2.05, 4.69) is 5.32 Å². The average Bonchev–Trinajstić information content (AvgIpc) is 2.34. The van der Waals surface area contributed by atoms with Crippen LogP contribution in [0.1, 0.15) is 11.1 Å². The summed E-state index contributed by atoms with van der Waals surface area (Å²) in [7, 11) is 0. The third-order valence-corrected chi connectivity index (χ3v) is 4.19. The topological polar surface area (TPSA) is 12.0 Å². The lowest BCUT2D eigenvalue weighted by atomic mass is 10.2. The zero-order valence-corrected chi connectivity index (χ0v) is 13.1.